The van der Waals surface area contributed by atoms with Crippen molar-refractivity contribution < 1.29 is 38.1 Å². The lowest BCUT2D eigenvalue weighted by Crippen LogP contribution is -2.58. The molecule has 0 bridgehead atoms. The molecule has 1 rings (SSSR count). The Bertz CT molecular complexity index is 542. The molecule has 8 heteroatoms. The molecule has 0 radical (unpaired) electrons. The summed E-state index contributed by atoms with van der Waals surface area (Å²) in [5.41, 5.74) is 0. The highest BCUT2D eigenvalue weighted by Crippen LogP contribution is 2.25. The van der Waals surface area contributed by atoms with E-state index >= 15 is 0 Å². The van der Waals surface area contributed by atoms with E-state index in [2.05, 4.69) is 6.58 Å². The van der Waals surface area contributed by atoms with Crippen molar-refractivity contribution in [3.63, 3.8) is 0 Å². The minimum Gasteiger partial charge on any atom is -0.456 e. The first-order valence-electron chi connectivity index (χ1n) is 8.86. The highest BCUT2D eigenvalue weighted by molar-refractivity contribution is 5.68. The molecular weight excluding hydrogens is 356 g/mol. The molecule has 1 aliphatic rings. The quantitative estimate of drug-likeness (QED) is 0.244. The molecule has 152 valence electrons. The van der Waals surface area contributed by atoms with Gasteiger partial charge >= 0.3 is 17.9 Å². The average Bonchev–Trinajstić information content (AvgIpc) is 2.57. The van der Waals surface area contributed by atoms with Gasteiger partial charge in [-0.2, -0.15) is 0 Å². The average molecular weight is 384 g/mol. The molecule has 27 heavy (non-hydrogen) atoms. The van der Waals surface area contributed by atoms with Gasteiger partial charge < -0.3 is 23.7 Å². The van der Waals surface area contributed by atoms with Crippen LogP contribution in [0, 0.1) is 0 Å². The second kappa shape index (κ2) is 12.2. The van der Waals surface area contributed by atoms with E-state index in [4.69, 9.17) is 23.7 Å². The van der Waals surface area contributed by atoms with Gasteiger partial charge in [-0.25, -0.2) is 0 Å². The van der Waals surface area contributed by atoms with Crippen LogP contribution < -0.4 is 0 Å². The first-order chi connectivity index (χ1) is 12.8. The number of hydrogen-bond acceptors (Lipinski definition) is 8. The molecule has 8 nitrogen and oxygen atoms in total. The summed E-state index contributed by atoms with van der Waals surface area (Å²) < 4.78 is 26.8. The number of carbonyl (C=O) groups excluding carboxylic acids is 3. The fourth-order valence-corrected chi connectivity index (χ4v) is 2.57. The standard InChI is InChI=1S/C19H28O8/c1-5-6-7-8-9-10-11-23-19-18(27-15(4)22)17(26-14(3)21)16(12-24-19)25-13(2)20/h5,9-10,16-19H,1,6-8,11-12H2,2-4H3/b10-9-/t16-,17+,18-,19-/m1/s1. The van der Waals surface area contributed by atoms with Crippen molar-refractivity contribution in [3.8, 4) is 0 Å². The Morgan fingerprint density at radius 1 is 0.963 bits per heavy atom. The van der Waals surface area contributed by atoms with Crippen LogP contribution in [0.4, 0.5) is 0 Å². The van der Waals surface area contributed by atoms with Crippen molar-refractivity contribution in [2.45, 2.75) is 64.6 Å². The zero-order valence-electron chi connectivity index (χ0n) is 16.1. The largest absolute Gasteiger partial charge is 0.456 e. The van der Waals surface area contributed by atoms with E-state index < -0.39 is 42.5 Å². The zero-order valence-corrected chi connectivity index (χ0v) is 16.1. The summed E-state index contributed by atoms with van der Waals surface area (Å²) >= 11 is 0. The number of ether oxygens (including phenoxy) is 5. The first-order valence-corrected chi connectivity index (χ1v) is 8.86. The van der Waals surface area contributed by atoms with E-state index in [0.717, 1.165) is 19.3 Å². The van der Waals surface area contributed by atoms with Gasteiger partial charge in [-0.05, 0) is 19.3 Å². The highest BCUT2D eigenvalue weighted by atomic mass is 16.7. The van der Waals surface area contributed by atoms with Crippen LogP contribution in [-0.2, 0) is 38.1 Å². The van der Waals surface area contributed by atoms with Gasteiger partial charge in [0.2, 0.25) is 0 Å². The summed E-state index contributed by atoms with van der Waals surface area (Å²) in [6.07, 6.45) is 4.55. The van der Waals surface area contributed by atoms with Crippen LogP contribution in [0.2, 0.25) is 0 Å². The molecule has 0 N–H and O–H groups in total. The molecule has 0 spiro atoms. The minimum atomic E-state index is -1.06. The number of hydrogen-bond donors (Lipinski definition) is 0. The molecular formula is C19H28O8. The van der Waals surface area contributed by atoms with Gasteiger partial charge in [-0.1, -0.05) is 18.2 Å². The predicted molar refractivity (Wildman–Crippen MR) is 95.5 cm³/mol. The maximum atomic E-state index is 11.5. The van der Waals surface area contributed by atoms with Crippen LogP contribution in [0.5, 0.6) is 0 Å². The van der Waals surface area contributed by atoms with Crippen molar-refractivity contribution in [2.24, 2.45) is 0 Å². The lowest BCUT2D eigenvalue weighted by Gasteiger charge is -2.40. The topological polar surface area (TPSA) is 97.4 Å². The molecule has 1 saturated heterocycles. The monoisotopic (exact) mass is 384 g/mol. The molecule has 0 aromatic heterocycles. The molecule has 0 unspecified atom stereocenters. The summed E-state index contributed by atoms with van der Waals surface area (Å²) in [6, 6.07) is 0. The van der Waals surface area contributed by atoms with Crippen molar-refractivity contribution in [1.29, 1.82) is 0 Å². The van der Waals surface area contributed by atoms with E-state index in [9.17, 15) is 14.4 Å². The Kier molecular flexibility index (Phi) is 10.4. The Morgan fingerprint density at radius 3 is 2.19 bits per heavy atom. The third kappa shape index (κ3) is 8.83. The number of allylic oxidation sites excluding steroid dienone is 2. The smallest absolute Gasteiger partial charge is 0.303 e. The maximum absolute atomic E-state index is 11.5. The van der Waals surface area contributed by atoms with Crippen LogP contribution in [0.15, 0.2) is 24.8 Å². The van der Waals surface area contributed by atoms with Crippen LogP contribution in [0.3, 0.4) is 0 Å². The van der Waals surface area contributed by atoms with E-state index in [1.54, 1.807) is 0 Å². The van der Waals surface area contributed by atoms with Gasteiger partial charge in [0.05, 0.1) is 13.2 Å². The third-order valence-corrected chi connectivity index (χ3v) is 3.61. The Hall–Kier alpha value is -2.19. The molecule has 4 atom stereocenters. The van der Waals surface area contributed by atoms with E-state index in [1.165, 1.54) is 20.8 Å². The molecule has 1 fully saturated rings. The summed E-state index contributed by atoms with van der Waals surface area (Å²) in [6.45, 7) is 7.50. The molecule has 0 saturated carbocycles. The van der Waals surface area contributed by atoms with Gasteiger partial charge in [0.15, 0.2) is 24.6 Å². The first kappa shape index (κ1) is 22.9. The number of esters is 3. The second-order valence-corrected chi connectivity index (χ2v) is 6.02. The molecule has 0 aromatic rings. The van der Waals surface area contributed by atoms with Crippen LogP contribution in [0.25, 0.3) is 0 Å². The third-order valence-electron chi connectivity index (χ3n) is 3.61. The minimum absolute atomic E-state index is 0.0526. The fourth-order valence-electron chi connectivity index (χ4n) is 2.57. The summed E-state index contributed by atoms with van der Waals surface area (Å²) in [7, 11) is 0. The van der Waals surface area contributed by atoms with Crippen molar-refractivity contribution >= 4 is 17.9 Å². The molecule has 1 aliphatic heterocycles. The SMILES string of the molecule is C=CCCC/C=C\CO[C@@H]1OC[C@@H](OC(C)=O)[C@H](OC(C)=O)[C@H]1OC(C)=O. The molecule has 0 aliphatic carbocycles. The summed E-state index contributed by atoms with van der Waals surface area (Å²) in [4.78, 5) is 34.3. The van der Waals surface area contributed by atoms with E-state index in [1.807, 2.05) is 18.2 Å². The van der Waals surface area contributed by atoms with Crippen LogP contribution in [-0.4, -0.2) is 55.7 Å². The lowest BCUT2D eigenvalue weighted by molar-refractivity contribution is -0.278. The van der Waals surface area contributed by atoms with Gasteiger partial charge in [-0.15, -0.1) is 6.58 Å². The van der Waals surface area contributed by atoms with Crippen molar-refractivity contribution in [2.75, 3.05) is 13.2 Å². The van der Waals surface area contributed by atoms with Crippen LogP contribution in [0.1, 0.15) is 40.0 Å². The Morgan fingerprint density at radius 2 is 1.59 bits per heavy atom. The van der Waals surface area contributed by atoms with Gasteiger partial charge in [0.25, 0.3) is 0 Å². The zero-order chi connectivity index (χ0) is 20.2. The van der Waals surface area contributed by atoms with Gasteiger partial charge in [0.1, 0.15) is 0 Å². The van der Waals surface area contributed by atoms with Gasteiger partial charge in [0, 0.05) is 20.8 Å². The fraction of sp³-hybridized carbons (Fsp3) is 0.632. The molecule has 0 aromatic carbocycles. The molecule has 1 heterocycles. The van der Waals surface area contributed by atoms with Crippen molar-refractivity contribution in [1.82, 2.24) is 0 Å². The van der Waals surface area contributed by atoms with Gasteiger partial charge in [-0.3, -0.25) is 14.4 Å². The van der Waals surface area contributed by atoms with Crippen LogP contribution >= 0.6 is 0 Å². The number of unbranched alkanes of at least 4 members (excludes halogenated alkanes) is 2. The lowest BCUT2D eigenvalue weighted by atomic mass is 10.0. The Balaban J connectivity index is 2.77. The normalized spacial score (nSPS) is 25.0. The predicted octanol–water partition coefficient (Wildman–Crippen LogP) is 2.07. The number of carbonyl (C=O) groups is 3. The molecule has 0 amide bonds. The van der Waals surface area contributed by atoms with Crippen molar-refractivity contribution in [3.05, 3.63) is 24.8 Å². The second-order valence-electron chi connectivity index (χ2n) is 6.02. The maximum Gasteiger partial charge on any atom is 0.303 e. The number of rotatable bonds is 10. The van der Waals surface area contributed by atoms with E-state index in [-0.39, 0.29) is 13.2 Å². The summed E-state index contributed by atoms with van der Waals surface area (Å²) in [5, 5.41) is 0. The summed E-state index contributed by atoms with van der Waals surface area (Å²) in [5.74, 6) is -1.76. The van der Waals surface area contributed by atoms with E-state index in [0.29, 0.717) is 0 Å². The Labute approximate surface area is 159 Å². The highest BCUT2D eigenvalue weighted by Gasteiger charge is 2.47.